The van der Waals surface area contributed by atoms with Crippen molar-refractivity contribution in [2.75, 3.05) is 0 Å². The predicted octanol–water partition coefficient (Wildman–Crippen LogP) is -0.0126. The molecule has 1 heterocycles. The Kier molecular flexibility index (Phi) is 2.44. The van der Waals surface area contributed by atoms with Gasteiger partial charge in [0.1, 0.15) is 5.82 Å². The van der Waals surface area contributed by atoms with Gasteiger partial charge in [0, 0.05) is 18.9 Å². The van der Waals surface area contributed by atoms with Gasteiger partial charge in [0.15, 0.2) is 6.04 Å². The second-order valence-electron chi connectivity index (χ2n) is 2.39. The molecule has 0 spiro atoms. The molecule has 0 radical (unpaired) electrons. The average molecular weight is 169 g/mol. The third-order valence-electron chi connectivity index (χ3n) is 1.63. The van der Waals surface area contributed by atoms with Gasteiger partial charge in [-0.05, 0) is 6.92 Å². The highest BCUT2D eigenvalue weighted by molar-refractivity contribution is 5.73. The minimum absolute atomic E-state index is 0.394. The average Bonchev–Trinajstić information content (AvgIpc) is 2.49. The molecule has 1 unspecified atom stereocenters. The van der Waals surface area contributed by atoms with E-state index >= 15 is 0 Å². The first-order chi connectivity index (χ1) is 5.66. The lowest BCUT2D eigenvalue weighted by atomic mass is 10.3. The number of rotatable bonds is 3. The van der Waals surface area contributed by atoms with Crippen molar-refractivity contribution in [2.45, 2.75) is 19.5 Å². The molecular formula is C7H11N3O2. The van der Waals surface area contributed by atoms with Crippen molar-refractivity contribution < 1.29 is 9.90 Å². The Balaban J connectivity index is 2.93. The van der Waals surface area contributed by atoms with Gasteiger partial charge in [-0.3, -0.25) is 4.79 Å². The van der Waals surface area contributed by atoms with E-state index < -0.39 is 12.0 Å². The predicted molar refractivity (Wildman–Crippen MR) is 42.5 cm³/mol. The summed E-state index contributed by atoms with van der Waals surface area (Å²) in [6, 6.07) is -1.03. The van der Waals surface area contributed by atoms with E-state index in [9.17, 15) is 4.79 Å². The zero-order chi connectivity index (χ0) is 9.14. The van der Waals surface area contributed by atoms with Crippen LogP contribution in [0.15, 0.2) is 12.4 Å². The second-order valence-corrected chi connectivity index (χ2v) is 2.39. The Labute approximate surface area is 69.8 Å². The van der Waals surface area contributed by atoms with Gasteiger partial charge in [-0.25, -0.2) is 4.98 Å². The van der Waals surface area contributed by atoms with E-state index in [1.807, 2.05) is 6.92 Å². The van der Waals surface area contributed by atoms with Crippen molar-refractivity contribution >= 4 is 5.97 Å². The van der Waals surface area contributed by atoms with Crippen LogP contribution in [-0.2, 0) is 11.3 Å². The third-order valence-corrected chi connectivity index (χ3v) is 1.63. The van der Waals surface area contributed by atoms with Gasteiger partial charge < -0.3 is 15.4 Å². The number of carbonyl (C=O) groups is 1. The molecule has 12 heavy (non-hydrogen) atoms. The quantitative estimate of drug-likeness (QED) is 0.666. The van der Waals surface area contributed by atoms with Crippen LogP contribution in [0.1, 0.15) is 18.8 Å². The fourth-order valence-corrected chi connectivity index (χ4v) is 0.977. The van der Waals surface area contributed by atoms with Crippen LogP contribution >= 0.6 is 0 Å². The van der Waals surface area contributed by atoms with Gasteiger partial charge in [0.05, 0.1) is 0 Å². The number of aliphatic carboxylic acids is 1. The molecule has 66 valence electrons. The summed E-state index contributed by atoms with van der Waals surface area (Å²) in [4.78, 5) is 14.4. The lowest BCUT2D eigenvalue weighted by Crippen LogP contribution is -2.24. The Morgan fingerprint density at radius 1 is 1.92 bits per heavy atom. The SMILES string of the molecule is CCn1ccnc1C(N)C(=O)O. The first-order valence-electron chi connectivity index (χ1n) is 3.66. The highest BCUT2D eigenvalue weighted by Crippen LogP contribution is 2.07. The monoisotopic (exact) mass is 169 g/mol. The number of carboxylic acid groups (broad SMARTS) is 1. The molecule has 0 saturated carbocycles. The minimum atomic E-state index is -1.06. The molecule has 3 N–H and O–H groups in total. The molecule has 0 aliphatic carbocycles. The van der Waals surface area contributed by atoms with Crippen LogP contribution in [0.5, 0.6) is 0 Å². The molecule has 5 heteroatoms. The van der Waals surface area contributed by atoms with E-state index in [2.05, 4.69) is 4.98 Å². The molecular weight excluding hydrogens is 158 g/mol. The van der Waals surface area contributed by atoms with Crippen LogP contribution in [-0.4, -0.2) is 20.6 Å². The summed E-state index contributed by atoms with van der Waals surface area (Å²) in [6.07, 6.45) is 3.25. The molecule has 0 aliphatic rings. The normalized spacial score (nSPS) is 12.8. The zero-order valence-electron chi connectivity index (χ0n) is 6.77. The summed E-state index contributed by atoms with van der Waals surface area (Å²) in [6.45, 7) is 2.58. The highest BCUT2D eigenvalue weighted by Gasteiger charge is 2.18. The van der Waals surface area contributed by atoms with E-state index in [1.165, 1.54) is 0 Å². The van der Waals surface area contributed by atoms with Gasteiger partial charge in [-0.1, -0.05) is 0 Å². The molecule has 1 aromatic heterocycles. The Hall–Kier alpha value is -1.36. The van der Waals surface area contributed by atoms with Crippen molar-refractivity contribution in [3.8, 4) is 0 Å². The van der Waals surface area contributed by atoms with Gasteiger partial charge in [-0.2, -0.15) is 0 Å². The van der Waals surface area contributed by atoms with Crippen molar-refractivity contribution in [1.82, 2.24) is 9.55 Å². The van der Waals surface area contributed by atoms with Gasteiger partial charge >= 0.3 is 5.97 Å². The molecule has 0 aromatic carbocycles. The Morgan fingerprint density at radius 3 is 3.08 bits per heavy atom. The largest absolute Gasteiger partial charge is 0.480 e. The molecule has 0 saturated heterocycles. The Morgan fingerprint density at radius 2 is 2.58 bits per heavy atom. The lowest BCUT2D eigenvalue weighted by molar-refractivity contribution is -0.138. The van der Waals surface area contributed by atoms with E-state index in [4.69, 9.17) is 10.8 Å². The number of nitrogens with zero attached hydrogens (tertiary/aromatic N) is 2. The fraction of sp³-hybridized carbons (Fsp3) is 0.429. The van der Waals surface area contributed by atoms with Crippen LogP contribution in [0.2, 0.25) is 0 Å². The van der Waals surface area contributed by atoms with Crippen LogP contribution in [0, 0.1) is 0 Å². The topological polar surface area (TPSA) is 81.1 Å². The second kappa shape index (κ2) is 3.36. The zero-order valence-corrected chi connectivity index (χ0v) is 6.77. The van der Waals surface area contributed by atoms with Crippen LogP contribution in [0.4, 0.5) is 0 Å². The van der Waals surface area contributed by atoms with Crippen LogP contribution < -0.4 is 5.73 Å². The Bertz CT molecular complexity index is 282. The number of imidazole rings is 1. The van der Waals surface area contributed by atoms with Crippen molar-refractivity contribution in [1.29, 1.82) is 0 Å². The summed E-state index contributed by atoms with van der Waals surface area (Å²) in [5, 5.41) is 8.60. The number of nitrogens with two attached hydrogens (primary N) is 1. The van der Waals surface area contributed by atoms with Crippen molar-refractivity contribution in [2.24, 2.45) is 5.73 Å². The minimum Gasteiger partial charge on any atom is -0.480 e. The highest BCUT2D eigenvalue weighted by atomic mass is 16.4. The molecule has 0 aliphatic heterocycles. The maximum Gasteiger partial charge on any atom is 0.328 e. The molecule has 1 rings (SSSR count). The smallest absolute Gasteiger partial charge is 0.328 e. The summed E-state index contributed by atoms with van der Waals surface area (Å²) in [5.41, 5.74) is 5.38. The van der Waals surface area contributed by atoms with E-state index in [0.29, 0.717) is 12.4 Å². The molecule has 0 amide bonds. The van der Waals surface area contributed by atoms with Gasteiger partial charge in [0.25, 0.3) is 0 Å². The fourth-order valence-electron chi connectivity index (χ4n) is 0.977. The number of hydrogen-bond donors (Lipinski definition) is 2. The molecule has 5 nitrogen and oxygen atoms in total. The first-order valence-corrected chi connectivity index (χ1v) is 3.66. The van der Waals surface area contributed by atoms with E-state index in [1.54, 1.807) is 17.0 Å². The maximum atomic E-state index is 10.5. The van der Waals surface area contributed by atoms with Gasteiger partial charge in [-0.15, -0.1) is 0 Å². The first kappa shape index (κ1) is 8.73. The van der Waals surface area contributed by atoms with E-state index in [-0.39, 0.29) is 0 Å². The van der Waals surface area contributed by atoms with Crippen molar-refractivity contribution in [3.05, 3.63) is 18.2 Å². The standard InChI is InChI=1S/C7H11N3O2/c1-2-10-4-3-9-6(10)5(8)7(11)12/h3-5H,2,8H2,1H3,(H,11,12). The molecule has 0 bridgehead atoms. The lowest BCUT2D eigenvalue weighted by Gasteiger charge is -2.07. The molecule has 1 atom stereocenters. The summed E-state index contributed by atoms with van der Waals surface area (Å²) in [7, 11) is 0. The molecule has 0 fully saturated rings. The number of hydrogen-bond acceptors (Lipinski definition) is 3. The number of aromatic nitrogens is 2. The third kappa shape index (κ3) is 1.45. The summed E-state index contributed by atoms with van der Waals surface area (Å²) in [5.74, 6) is -0.666. The van der Waals surface area contributed by atoms with Crippen LogP contribution in [0.25, 0.3) is 0 Å². The van der Waals surface area contributed by atoms with Crippen molar-refractivity contribution in [3.63, 3.8) is 0 Å². The number of aryl methyl sites for hydroxylation is 1. The summed E-state index contributed by atoms with van der Waals surface area (Å²) >= 11 is 0. The van der Waals surface area contributed by atoms with Gasteiger partial charge in [0.2, 0.25) is 0 Å². The molecule has 1 aromatic rings. The summed E-state index contributed by atoms with van der Waals surface area (Å²) < 4.78 is 1.71. The van der Waals surface area contributed by atoms with Crippen LogP contribution in [0.3, 0.4) is 0 Å². The maximum absolute atomic E-state index is 10.5. The van der Waals surface area contributed by atoms with E-state index in [0.717, 1.165) is 0 Å². The number of carboxylic acids is 1.